The first kappa shape index (κ1) is 10.1. The molecule has 2 rings (SSSR count). The number of rotatable bonds is 3. The van der Waals surface area contributed by atoms with E-state index in [0.717, 1.165) is 5.65 Å². The van der Waals surface area contributed by atoms with Crippen LogP contribution in [0, 0.1) is 5.92 Å². The second kappa shape index (κ2) is 3.98. The molecule has 2 N–H and O–H groups in total. The molecule has 4 heteroatoms. The van der Waals surface area contributed by atoms with Crippen LogP contribution in [0.2, 0.25) is 0 Å². The number of hydrogen-bond donors (Lipinski definition) is 1. The third kappa shape index (κ3) is 1.72. The van der Waals surface area contributed by atoms with Crippen LogP contribution in [0.5, 0.6) is 0 Å². The number of pyridine rings is 1. The maximum Gasteiger partial charge on any atom is 0.164 e. The fourth-order valence-corrected chi connectivity index (χ4v) is 1.92. The minimum absolute atomic E-state index is 0.345. The zero-order valence-electron chi connectivity index (χ0n) is 9.09. The maximum atomic E-state index is 5.81. The number of aromatic nitrogens is 3. The summed E-state index contributed by atoms with van der Waals surface area (Å²) in [7, 11) is 0. The van der Waals surface area contributed by atoms with Crippen LogP contribution in [-0.4, -0.2) is 21.1 Å². The molecule has 2 aromatic rings. The van der Waals surface area contributed by atoms with Gasteiger partial charge in [-0.2, -0.15) is 0 Å². The molecule has 15 heavy (non-hydrogen) atoms. The van der Waals surface area contributed by atoms with Crippen molar-refractivity contribution in [1.82, 2.24) is 14.6 Å². The van der Waals surface area contributed by atoms with Gasteiger partial charge in [-0.25, -0.2) is 0 Å². The highest BCUT2D eigenvalue weighted by atomic mass is 15.2. The van der Waals surface area contributed by atoms with Crippen molar-refractivity contribution in [2.75, 3.05) is 6.54 Å². The van der Waals surface area contributed by atoms with Crippen LogP contribution in [0.4, 0.5) is 0 Å². The van der Waals surface area contributed by atoms with Crippen molar-refractivity contribution < 1.29 is 0 Å². The van der Waals surface area contributed by atoms with E-state index >= 15 is 0 Å². The molecule has 2 heterocycles. The molecule has 4 nitrogen and oxygen atoms in total. The molecule has 0 saturated carbocycles. The summed E-state index contributed by atoms with van der Waals surface area (Å²) in [5, 5.41) is 8.04. The summed E-state index contributed by atoms with van der Waals surface area (Å²) in [5.74, 6) is 0.857. The van der Waals surface area contributed by atoms with Crippen LogP contribution in [-0.2, 0) is 0 Å². The van der Waals surface area contributed by atoms with Crippen molar-refractivity contribution in [2.24, 2.45) is 11.7 Å². The van der Waals surface area contributed by atoms with Gasteiger partial charge in [-0.3, -0.25) is 4.40 Å². The largest absolute Gasteiger partial charge is 0.330 e. The van der Waals surface area contributed by atoms with Gasteiger partial charge in [0.25, 0.3) is 0 Å². The fourth-order valence-electron chi connectivity index (χ4n) is 1.92. The van der Waals surface area contributed by atoms with Crippen LogP contribution in [0.3, 0.4) is 0 Å². The lowest BCUT2D eigenvalue weighted by molar-refractivity contribution is 0.507. The van der Waals surface area contributed by atoms with Gasteiger partial charge in [0.15, 0.2) is 5.65 Å². The molecule has 0 saturated heterocycles. The topological polar surface area (TPSA) is 56.2 Å². The molecule has 2 aromatic heterocycles. The summed E-state index contributed by atoms with van der Waals surface area (Å²) in [4.78, 5) is 0. The Labute approximate surface area is 89.1 Å². The van der Waals surface area contributed by atoms with E-state index in [1.165, 1.54) is 5.56 Å². The first-order valence-electron chi connectivity index (χ1n) is 5.22. The smallest absolute Gasteiger partial charge is 0.164 e. The van der Waals surface area contributed by atoms with Crippen molar-refractivity contribution in [1.29, 1.82) is 0 Å². The van der Waals surface area contributed by atoms with Gasteiger partial charge < -0.3 is 5.73 Å². The molecule has 0 radical (unpaired) electrons. The molecular formula is C11H16N4. The van der Waals surface area contributed by atoms with Gasteiger partial charge in [-0.15, -0.1) is 10.2 Å². The Morgan fingerprint density at radius 3 is 2.93 bits per heavy atom. The first-order valence-corrected chi connectivity index (χ1v) is 5.22. The molecule has 1 unspecified atom stereocenters. The highest BCUT2D eigenvalue weighted by Gasteiger charge is 2.17. The van der Waals surface area contributed by atoms with Gasteiger partial charge in [-0.1, -0.05) is 19.9 Å². The predicted molar refractivity (Wildman–Crippen MR) is 59.6 cm³/mol. The molecule has 0 aliphatic heterocycles. The standard InChI is InChI=1S/C11H16N4/c1-8(2)10(6-12)9-4-3-5-15-7-13-14-11(9)15/h3-5,7-8,10H,6,12H2,1-2H3. The Hall–Kier alpha value is -1.42. The fraction of sp³-hybridized carbons (Fsp3) is 0.455. The average Bonchev–Trinajstić information content (AvgIpc) is 2.66. The zero-order chi connectivity index (χ0) is 10.8. The second-order valence-electron chi connectivity index (χ2n) is 4.11. The van der Waals surface area contributed by atoms with Crippen LogP contribution < -0.4 is 5.73 Å². The minimum atomic E-state index is 0.345. The van der Waals surface area contributed by atoms with E-state index in [1.807, 2.05) is 16.7 Å². The number of hydrogen-bond acceptors (Lipinski definition) is 3. The highest BCUT2D eigenvalue weighted by molar-refractivity contribution is 5.48. The molecule has 80 valence electrons. The molecule has 1 atom stereocenters. The molecule has 0 bridgehead atoms. The molecule has 0 aromatic carbocycles. The Morgan fingerprint density at radius 2 is 2.27 bits per heavy atom. The SMILES string of the molecule is CC(C)C(CN)c1cccn2cnnc12. The van der Waals surface area contributed by atoms with Gasteiger partial charge in [0.2, 0.25) is 0 Å². The quantitative estimate of drug-likeness (QED) is 0.822. The summed E-state index contributed by atoms with van der Waals surface area (Å²) < 4.78 is 1.93. The highest BCUT2D eigenvalue weighted by Crippen LogP contribution is 2.25. The van der Waals surface area contributed by atoms with E-state index in [0.29, 0.717) is 18.4 Å². The van der Waals surface area contributed by atoms with Crippen molar-refractivity contribution in [3.8, 4) is 0 Å². The van der Waals surface area contributed by atoms with Gasteiger partial charge in [-0.05, 0) is 18.5 Å². The average molecular weight is 204 g/mol. The zero-order valence-corrected chi connectivity index (χ0v) is 9.09. The Bertz CT molecular complexity index is 447. The Morgan fingerprint density at radius 1 is 1.47 bits per heavy atom. The van der Waals surface area contributed by atoms with Crippen LogP contribution in [0.1, 0.15) is 25.3 Å². The second-order valence-corrected chi connectivity index (χ2v) is 4.11. The molecule has 0 spiro atoms. The maximum absolute atomic E-state index is 5.81. The van der Waals surface area contributed by atoms with Crippen molar-refractivity contribution in [3.63, 3.8) is 0 Å². The van der Waals surface area contributed by atoms with Crippen molar-refractivity contribution in [2.45, 2.75) is 19.8 Å². The monoisotopic (exact) mass is 204 g/mol. The van der Waals surface area contributed by atoms with E-state index in [2.05, 4.69) is 30.1 Å². The minimum Gasteiger partial charge on any atom is -0.330 e. The number of nitrogens with two attached hydrogens (primary N) is 1. The Balaban J connectivity index is 2.54. The van der Waals surface area contributed by atoms with Crippen LogP contribution >= 0.6 is 0 Å². The third-order valence-corrected chi connectivity index (χ3v) is 2.81. The lowest BCUT2D eigenvalue weighted by atomic mass is 9.89. The van der Waals surface area contributed by atoms with Crippen molar-refractivity contribution in [3.05, 3.63) is 30.2 Å². The number of fused-ring (bicyclic) bond motifs is 1. The first-order chi connectivity index (χ1) is 7.24. The summed E-state index contributed by atoms with van der Waals surface area (Å²) in [6.07, 6.45) is 3.67. The third-order valence-electron chi connectivity index (χ3n) is 2.81. The summed E-state index contributed by atoms with van der Waals surface area (Å²) in [5.41, 5.74) is 7.91. The lowest BCUT2D eigenvalue weighted by Crippen LogP contribution is -2.18. The van der Waals surface area contributed by atoms with E-state index < -0.39 is 0 Å². The molecule has 0 amide bonds. The van der Waals surface area contributed by atoms with E-state index in [9.17, 15) is 0 Å². The summed E-state index contributed by atoms with van der Waals surface area (Å²) >= 11 is 0. The molecule has 0 fully saturated rings. The normalized spacial score (nSPS) is 13.6. The Kier molecular flexibility index (Phi) is 2.68. The van der Waals surface area contributed by atoms with E-state index in [-0.39, 0.29) is 0 Å². The van der Waals surface area contributed by atoms with E-state index in [4.69, 9.17) is 5.73 Å². The molecule has 0 aliphatic carbocycles. The number of nitrogens with zero attached hydrogens (tertiary/aromatic N) is 3. The van der Waals surface area contributed by atoms with Gasteiger partial charge in [0.1, 0.15) is 6.33 Å². The van der Waals surface area contributed by atoms with E-state index in [1.54, 1.807) is 6.33 Å². The van der Waals surface area contributed by atoms with Gasteiger partial charge >= 0.3 is 0 Å². The molecule has 0 aliphatic rings. The van der Waals surface area contributed by atoms with Gasteiger partial charge in [0.05, 0.1) is 0 Å². The summed E-state index contributed by atoms with van der Waals surface area (Å²) in [6.45, 7) is 5.00. The summed E-state index contributed by atoms with van der Waals surface area (Å²) in [6, 6.07) is 4.10. The lowest BCUT2D eigenvalue weighted by Gasteiger charge is -2.19. The van der Waals surface area contributed by atoms with Crippen LogP contribution in [0.15, 0.2) is 24.7 Å². The molecular weight excluding hydrogens is 188 g/mol. The predicted octanol–water partition coefficient (Wildman–Crippen LogP) is 1.43. The van der Waals surface area contributed by atoms with Crippen LogP contribution in [0.25, 0.3) is 5.65 Å². The van der Waals surface area contributed by atoms with Gasteiger partial charge in [0, 0.05) is 17.7 Å². The van der Waals surface area contributed by atoms with Crippen molar-refractivity contribution >= 4 is 5.65 Å².